The van der Waals surface area contributed by atoms with E-state index in [9.17, 15) is 4.39 Å². The third-order valence-electron chi connectivity index (χ3n) is 7.70. The number of hydrogen-bond acceptors (Lipinski definition) is 0. The van der Waals surface area contributed by atoms with Gasteiger partial charge in [-0.1, -0.05) is 77.3 Å². The van der Waals surface area contributed by atoms with Crippen molar-refractivity contribution in [1.82, 2.24) is 0 Å². The van der Waals surface area contributed by atoms with E-state index >= 15 is 0 Å². The fourth-order valence-corrected chi connectivity index (χ4v) is 5.61. The van der Waals surface area contributed by atoms with Crippen molar-refractivity contribution >= 4 is 0 Å². The molecule has 152 valence electrons. The van der Waals surface area contributed by atoms with E-state index in [2.05, 4.69) is 26.0 Å². The molecular formula is C26H41F. The Kier molecular flexibility index (Phi) is 8.22. The van der Waals surface area contributed by atoms with Crippen molar-refractivity contribution in [3.05, 3.63) is 35.1 Å². The van der Waals surface area contributed by atoms with Crippen LogP contribution in [-0.4, -0.2) is 0 Å². The molecule has 0 aromatic heterocycles. The van der Waals surface area contributed by atoms with E-state index in [1.165, 1.54) is 89.0 Å². The van der Waals surface area contributed by atoms with Gasteiger partial charge in [0.25, 0.3) is 0 Å². The van der Waals surface area contributed by atoms with Gasteiger partial charge < -0.3 is 0 Å². The van der Waals surface area contributed by atoms with Crippen LogP contribution in [0.2, 0.25) is 0 Å². The van der Waals surface area contributed by atoms with Crippen LogP contribution in [0.4, 0.5) is 4.39 Å². The third-order valence-corrected chi connectivity index (χ3v) is 7.70. The highest BCUT2D eigenvalue weighted by Crippen LogP contribution is 2.39. The normalized spacial score (nSPS) is 29.0. The molecule has 1 aromatic rings. The van der Waals surface area contributed by atoms with Gasteiger partial charge in [-0.05, 0) is 79.4 Å². The highest BCUT2D eigenvalue weighted by Gasteiger charge is 2.24. The number of rotatable bonds is 8. The van der Waals surface area contributed by atoms with E-state index < -0.39 is 0 Å². The number of hydrogen-bond donors (Lipinski definition) is 0. The topological polar surface area (TPSA) is 0 Å². The lowest BCUT2D eigenvalue weighted by Crippen LogP contribution is -2.15. The molecule has 0 radical (unpaired) electrons. The molecule has 0 heterocycles. The number of aryl methyl sites for hydroxylation is 1. The van der Waals surface area contributed by atoms with Gasteiger partial charge in [0.15, 0.2) is 0 Å². The Balaban J connectivity index is 1.46. The second-order valence-corrected chi connectivity index (χ2v) is 9.55. The molecule has 0 bridgehead atoms. The van der Waals surface area contributed by atoms with E-state index in [0.717, 1.165) is 29.7 Å². The summed E-state index contributed by atoms with van der Waals surface area (Å²) >= 11 is 0. The lowest BCUT2D eigenvalue weighted by Gasteiger charge is -2.29. The first-order chi connectivity index (χ1) is 13.2. The van der Waals surface area contributed by atoms with Gasteiger partial charge in [0.1, 0.15) is 5.82 Å². The maximum absolute atomic E-state index is 14.8. The minimum Gasteiger partial charge on any atom is -0.207 e. The van der Waals surface area contributed by atoms with Gasteiger partial charge in [0, 0.05) is 0 Å². The first kappa shape index (κ1) is 20.9. The first-order valence-electron chi connectivity index (χ1n) is 12.0. The Morgan fingerprint density at radius 1 is 0.815 bits per heavy atom. The molecule has 0 spiro atoms. The minimum absolute atomic E-state index is 0.0687. The average molecular weight is 373 g/mol. The third kappa shape index (κ3) is 6.06. The van der Waals surface area contributed by atoms with E-state index in [1.54, 1.807) is 0 Å². The Bertz CT molecular complexity index is 547. The molecule has 0 aliphatic heterocycles. The van der Waals surface area contributed by atoms with Crippen molar-refractivity contribution in [2.45, 2.75) is 110 Å². The molecule has 0 saturated heterocycles. The molecule has 3 rings (SSSR count). The lowest BCUT2D eigenvalue weighted by molar-refractivity contribution is 0.258. The van der Waals surface area contributed by atoms with Crippen LogP contribution in [0.15, 0.2) is 18.2 Å². The molecule has 2 fully saturated rings. The molecular weight excluding hydrogens is 331 g/mol. The number of unbranched alkanes of at least 4 members (excludes halogenated alkanes) is 1. The Hall–Kier alpha value is -0.850. The molecule has 0 amide bonds. The summed E-state index contributed by atoms with van der Waals surface area (Å²) in [5.41, 5.74) is 2.21. The predicted octanol–water partition coefficient (Wildman–Crippen LogP) is 8.44. The van der Waals surface area contributed by atoms with Crippen LogP contribution in [0.3, 0.4) is 0 Å². The molecule has 0 unspecified atom stereocenters. The molecule has 2 aliphatic rings. The molecule has 2 aliphatic carbocycles. The largest absolute Gasteiger partial charge is 0.207 e. The second-order valence-electron chi connectivity index (χ2n) is 9.55. The van der Waals surface area contributed by atoms with Crippen LogP contribution in [0, 0.1) is 23.6 Å². The zero-order valence-electron chi connectivity index (χ0n) is 17.8. The maximum atomic E-state index is 14.8. The van der Waals surface area contributed by atoms with Crippen molar-refractivity contribution in [2.24, 2.45) is 17.8 Å². The summed E-state index contributed by atoms with van der Waals surface area (Å²) in [6.07, 6.45) is 18.3. The molecule has 1 aromatic carbocycles. The van der Waals surface area contributed by atoms with E-state index in [-0.39, 0.29) is 5.82 Å². The zero-order chi connectivity index (χ0) is 19.1. The van der Waals surface area contributed by atoms with Gasteiger partial charge in [-0.15, -0.1) is 0 Å². The molecule has 0 atom stereocenters. The molecule has 27 heavy (non-hydrogen) atoms. The van der Waals surface area contributed by atoms with Gasteiger partial charge in [-0.3, -0.25) is 0 Å². The van der Waals surface area contributed by atoms with Gasteiger partial charge in [-0.2, -0.15) is 0 Å². The SMILES string of the molecule is CCCCC1CCC(c2ccc(CCC3CCC(CC)CC3)cc2F)CC1. The highest BCUT2D eigenvalue weighted by atomic mass is 19.1. The monoisotopic (exact) mass is 372 g/mol. The van der Waals surface area contributed by atoms with Crippen LogP contribution in [-0.2, 0) is 6.42 Å². The van der Waals surface area contributed by atoms with Gasteiger partial charge >= 0.3 is 0 Å². The van der Waals surface area contributed by atoms with E-state index in [0.29, 0.717) is 5.92 Å². The molecule has 0 N–H and O–H groups in total. The van der Waals surface area contributed by atoms with Crippen molar-refractivity contribution in [2.75, 3.05) is 0 Å². The van der Waals surface area contributed by atoms with Crippen LogP contribution in [0.5, 0.6) is 0 Å². The Morgan fingerprint density at radius 2 is 1.44 bits per heavy atom. The fourth-order valence-electron chi connectivity index (χ4n) is 5.61. The summed E-state index contributed by atoms with van der Waals surface area (Å²) in [5.74, 6) is 3.26. The molecule has 1 heteroatoms. The lowest BCUT2D eigenvalue weighted by atomic mass is 9.76. The van der Waals surface area contributed by atoms with Crippen LogP contribution >= 0.6 is 0 Å². The smallest absolute Gasteiger partial charge is 0.126 e. The fraction of sp³-hybridized carbons (Fsp3) is 0.769. The van der Waals surface area contributed by atoms with Crippen molar-refractivity contribution in [1.29, 1.82) is 0 Å². The van der Waals surface area contributed by atoms with Crippen LogP contribution in [0.1, 0.15) is 114 Å². The van der Waals surface area contributed by atoms with Gasteiger partial charge in [0.05, 0.1) is 0 Å². The number of benzene rings is 1. The summed E-state index contributed by atoms with van der Waals surface area (Å²) in [5, 5.41) is 0. The van der Waals surface area contributed by atoms with Gasteiger partial charge in [0.2, 0.25) is 0 Å². The average Bonchev–Trinajstić information content (AvgIpc) is 2.71. The molecule has 2 saturated carbocycles. The minimum atomic E-state index is 0.0687. The van der Waals surface area contributed by atoms with E-state index in [1.807, 2.05) is 6.07 Å². The summed E-state index contributed by atoms with van der Waals surface area (Å²) < 4.78 is 14.8. The quantitative estimate of drug-likeness (QED) is 0.429. The Labute approximate surface area is 167 Å². The predicted molar refractivity (Wildman–Crippen MR) is 115 cm³/mol. The molecule has 0 nitrogen and oxygen atoms in total. The number of halogens is 1. The summed E-state index contributed by atoms with van der Waals surface area (Å²) in [6, 6.07) is 6.20. The standard InChI is InChI=1S/C26H41F/c1-3-5-6-21-13-16-24(17-14-21)25-18-15-23(19-26(25)27)12-11-22-9-7-20(4-2)8-10-22/h15,18-22,24H,3-14,16-17H2,1-2H3. The maximum Gasteiger partial charge on any atom is 0.126 e. The second kappa shape index (κ2) is 10.6. The summed E-state index contributed by atoms with van der Waals surface area (Å²) in [4.78, 5) is 0. The van der Waals surface area contributed by atoms with Gasteiger partial charge in [-0.25, -0.2) is 4.39 Å². The van der Waals surface area contributed by atoms with Crippen LogP contribution < -0.4 is 0 Å². The Morgan fingerprint density at radius 3 is 2.07 bits per heavy atom. The zero-order valence-corrected chi connectivity index (χ0v) is 17.8. The van der Waals surface area contributed by atoms with Crippen LogP contribution in [0.25, 0.3) is 0 Å². The first-order valence-corrected chi connectivity index (χ1v) is 12.0. The summed E-state index contributed by atoms with van der Waals surface area (Å²) in [6.45, 7) is 4.60. The summed E-state index contributed by atoms with van der Waals surface area (Å²) in [7, 11) is 0. The van der Waals surface area contributed by atoms with Crippen molar-refractivity contribution < 1.29 is 4.39 Å². The van der Waals surface area contributed by atoms with Crippen molar-refractivity contribution in [3.8, 4) is 0 Å². The van der Waals surface area contributed by atoms with E-state index in [4.69, 9.17) is 0 Å². The van der Waals surface area contributed by atoms with Crippen molar-refractivity contribution in [3.63, 3.8) is 0 Å². The highest BCUT2D eigenvalue weighted by molar-refractivity contribution is 5.28.